The molecule has 1 aliphatic rings. The van der Waals surface area contributed by atoms with Crippen molar-refractivity contribution in [1.29, 1.82) is 0 Å². The third-order valence-electron chi connectivity index (χ3n) is 4.22. The summed E-state index contributed by atoms with van der Waals surface area (Å²) >= 11 is 0. The van der Waals surface area contributed by atoms with Gasteiger partial charge < -0.3 is 4.90 Å². The molecule has 0 aliphatic carbocycles. The van der Waals surface area contributed by atoms with E-state index < -0.39 is 11.6 Å². The molecule has 0 fully saturated rings. The Morgan fingerprint density at radius 1 is 0.913 bits per heavy atom. The van der Waals surface area contributed by atoms with Crippen LogP contribution in [0.15, 0.2) is 72.4 Å². The molecule has 0 amide bonds. The molecule has 1 heterocycles. The molecule has 23 heavy (non-hydrogen) atoms. The van der Waals surface area contributed by atoms with Crippen molar-refractivity contribution in [1.82, 2.24) is 0 Å². The maximum Gasteiger partial charge on any atom is 0.233 e. The summed E-state index contributed by atoms with van der Waals surface area (Å²) < 4.78 is 0. The SMILES string of the molecule is CC1CCN(c2ccccc2)C=C1C(=O)C(=O)c1ccccc1. The van der Waals surface area contributed by atoms with Crippen LogP contribution in [0.1, 0.15) is 23.7 Å². The number of para-hydroxylation sites is 1. The Balaban J connectivity index is 1.88. The summed E-state index contributed by atoms with van der Waals surface area (Å²) in [4.78, 5) is 27.1. The van der Waals surface area contributed by atoms with Crippen LogP contribution in [0.3, 0.4) is 0 Å². The van der Waals surface area contributed by atoms with E-state index in [4.69, 9.17) is 0 Å². The van der Waals surface area contributed by atoms with Gasteiger partial charge in [-0.15, -0.1) is 0 Å². The number of Topliss-reactive ketones (excluding diaryl/α,β-unsaturated/α-hetero) is 2. The van der Waals surface area contributed by atoms with Crippen LogP contribution in [0.25, 0.3) is 0 Å². The molecule has 1 unspecified atom stereocenters. The second-order valence-electron chi connectivity index (χ2n) is 5.83. The van der Waals surface area contributed by atoms with Crippen molar-refractivity contribution >= 4 is 17.3 Å². The Hall–Kier alpha value is -2.68. The van der Waals surface area contributed by atoms with E-state index in [0.717, 1.165) is 18.7 Å². The minimum absolute atomic E-state index is 0.0927. The van der Waals surface area contributed by atoms with Gasteiger partial charge in [-0.3, -0.25) is 9.59 Å². The molecule has 1 atom stereocenters. The molecule has 0 spiro atoms. The number of rotatable bonds is 4. The number of allylic oxidation sites excluding steroid dienone is 1. The molecule has 3 rings (SSSR count). The van der Waals surface area contributed by atoms with Gasteiger partial charge in [-0.1, -0.05) is 55.5 Å². The molecule has 0 saturated heterocycles. The number of hydrogen-bond donors (Lipinski definition) is 0. The molecule has 3 heteroatoms. The summed E-state index contributed by atoms with van der Waals surface area (Å²) in [5.41, 5.74) is 2.08. The van der Waals surface area contributed by atoms with Gasteiger partial charge in [0.05, 0.1) is 0 Å². The van der Waals surface area contributed by atoms with Crippen molar-refractivity contribution < 1.29 is 9.59 Å². The lowest BCUT2D eigenvalue weighted by atomic mass is 9.88. The highest BCUT2D eigenvalue weighted by atomic mass is 16.2. The Morgan fingerprint density at radius 3 is 2.17 bits per heavy atom. The standard InChI is InChI=1S/C20H19NO2/c1-15-12-13-21(17-10-6-3-7-11-17)14-18(15)20(23)19(22)16-8-4-2-5-9-16/h2-11,14-15H,12-13H2,1H3. The van der Waals surface area contributed by atoms with E-state index in [1.807, 2.05) is 54.4 Å². The summed E-state index contributed by atoms with van der Waals surface area (Å²) in [6.45, 7) is 2.85. The van der Waals surface area contributed by atoms with Crippen molar-refractivity contribution in [2.45, 2.75) is 13.3 Å². The lowest BCUT2D eigenvalue weighted by Crippen LogP contribution is -2.31. The summed E-state index contributed by atoms with van der Waals surface area (Å²) in [5.74, 6) is -0.738. The first kappa shape index (κ1) is 15.2. The monoisotopic (exact) mass is 305 g/mol. The van der Waals surface area contributed by atoms with E-state index in [1.165, 1.54) is 0 Å². The smallest absolute Gasteiger partial charge is 0.233 e. The number of nitrogens with zero attached hydrogens (tertiary/aromatic N) is 1. The maximum absolute atomic E-state index is 12.6. The Labute approximate surface area is 136 Å². The van der Waals surface area contributed by atoms with E-state index in [9.17, 15) is 9.59 Å². The number of carbonyl (C=O) groups excluding carboxylic acids is 2. The van der Waals surface area contributed by atoms with E-state index in [0.29, 0.717) is 11.1 Å². The Bertz CT molecular complexity index is 735. The molecule has 3 nitrogen and oxygen atoms in total. The Morgan fingerprint density at radius 2 is 1.52 bits per heavy atom. The minimum atomic E-state index is -0.432. The van der Waals surface area contributed by atoms with Gasteiger partial charge in [0, 0.05) is 29.6 Å². The first-order valence-corrected chi connectivity index (χ1v) is 7.84. The van der Waals surface area contributed by atoms with Crippen molar-refractivity contribution in [2.75, 3.05) is 11.4 Å². The van der Waals surface area contributed by atoms with Gasteiger partial charge >= 0.3 is 0 Å². The van der Waals surface area contributed by atoms with Gasteiger partial charge in [-0.05, 0) is 24.5 Å². The first-order chi connectivity index (χ1) is 11.2. The highest BCUT2D eigenvalue weighted by Gasteiger charge is 2.28. The molecule has 0 aromatic heterocycles. The zero-order valence-corrected chi connectivity index (χ0v) is 13.1. The third kappa shape index (κ3) is 3.24. The van der Waals surface area contributed by atoms with Crippen LogP contribution in [-0.4, -0.2) is 18.1 Å². The maximum atomic E-state index is 12.6. The molecule has 1 aliphatic heterocycles. The Kier molecular flexibility index (Phi) is 4.38. The second-order valence-corrected chi connectivity index (χ2v) is 5.83. The molecule has 0 bridgehead atoms. The number of benzene rings is 2. The van der Waals surface area contributed by atoms with Crippen molar-refractivity contribution in [2.24, 2.45) is 5.92 Å². The molecule has 116 valence electrons. The van der Waals surface area contributed by atoms with E-state index >= 15 is 0 Å². The lowest BCUT2D eigenvalue weighted by molar-refractivity contribution is -0.112. The fourth-order valence-electron chi connectivity index (χ4n) is 2.81. The molecule has 0 saturated carbocycles. The quantitative estimate of drug-likeness (QED) is 0.635. The van der Waals surface area contributed by atoms with E-state index in [-0.39, 0.29) is 5.92 Å². The number of hydrogen-bond acceptors (Lipinski definition) is 3. The van der Waals surface area contributed by atoms with Crippen molar-refractivity contribution in [3.8, 4) is 0 Å². The summed E-state index contributed by atoms with van der Waals surface area (Å²) in [5, 5.41) is 0. The fraction of sp³-hybridized carbons (Fsp3) is 0.200. The largest absolute Gasteiger partial charge is 0.348 e. The molecule has 0 radical (unpaired) electrons. The predicted octanol–water partition coefficient (Wildman–Crippen LogP) is 3.87. The van der Waals surface area contributed by atoms with Crippen LogP contribution >= 0.6 is 0 Å². The first-order valence-electron chi connectivity index (χ1n) is 7.84. The van der Waals surface area contributed by atoms with Gasteiger partial charge in [0.25, 0.3) is 0 Å². The average Bonchev–Trinajstić information content (AvgIpc) is 2.62. The van der Waals surface area contributed by atoms with Gasteiger partial charge in [0.2, 0.25) is 11.6 Å². The van der Waals surface area contributed by atoms with Gasteiger partial charge in [0.1, 0.15) is 0 Å². The molecule has 2 aromatic carbocycles. The van der Waals surface area contributed by atoms with Crippen molar-refractivity contribution in [3.63, 3.8) is 0 Å². The highest BCUT2D eigenvalue weighted by molar-refractivity contribution is 6.49. The lowest BCUT2D eigenvalue weighted by Gasteiger charge is -2.30. The second kappa shape index (κ2) is 6.61. The van der Waals surface area contributed by atoms with Crippen LogP contribution in [0.2, 0.25) is 0 Å². The van der Waals surface area contributed by atoms with E-state index in [2.05, 4.69) is 0 Å². The van der Waals surface area contributed by atoms with Crippen molar-refractivity contribution in [3.05, 3.63) is 78.0 Å². The van der Waals surface area contributed by atoms with Crippen LogP contribution in [0.5, 0.6) is 0 Å². The minimum Gasteiger partial charge on any atom is -0.348 e. The van der Waals surface area contributed by atoms with Crippen LogP contribution in [0.4, 0.5) is 5.69 Å². The third-order valence-corrected chi connectivity index (χ3v) is 4.22. The summed E-state index contributed by atoms with van der Waals surface area (Å²) in [6, 6.07) is 18.7. The number of ketones is 2. The zero-order chi connectivity index (χ0) is 16.2. The normalized spacial score (nSPS) is 17.5. The average molecular weight is 305 g/mol. The van der Waals surface area contributed by atoms with Crippen LogP contribution in [0, 0.1) is 5.92 Å². The fourth-order valence-corrected chi connectivity index (χ4v) is 2.81. The zero-order valence-electron chi connectivity index (χ0n) is 13.1. The molecular formula is C20H19NO2. The predicted molar refractivity (Wildman–Crippen MR) is 91.4 cm³/mol. The highest BCUT2D eigenvalue weighted by Crippen LogP contribution is 2.27. The van der Waals surface area contributed by atoms with Crippen LogP contribution in [-0.2, 0) is 4.79 Å². The number of carbonyl (C=O) groups is 2. The van der Waals surface area contributed by atoms with Gasteiger partial charge in [-0.2, -0.15) is 0 Å². The summed E-state index contributed by atoms with van der Waals surface area (Å²) in [7, 11) is 0. The molecular weight excluding hydrogens is 286 g/mol. The van der Waals surface area contributed by atoms with Gasteiger partial charge in [0.15, 0.2) is 0 Å². The molecule has 2 aromatic rings. The number of anilines is 1. The van der Waals surface area contributed by atoms with Gasteiger partial charge in [-0.25, -0.2) is 0 Å². The van der Waals surface area contributed by atoms with E-state index in [1.54, 1.807) is 24.3 Å². The van der Waals surface area contributed by atoms with Crippen LogP contribution < -0.4 is 4.90 Å². The molecule has 0 N–H and O–H groups in total. The summed E-state index contributed by atoms with van der Waals surface area (Å²) in [6.07, 6.45) is 2.70. The topological polar surface area (TPSA) is 37.4 Å².